The Labute approximate surface area is 493 Å². The van der Waals surface area contributed by atoms with E-state index < -0.39 is 98.1 Å². The molecule has 1 aromatic heterocycles. The van der Waals surface area contributed by atoms with E-state index in [0.717, 1.165) is 83.0 Å². The highest BCUT2D eigenvalue weighted by molar-refractivity contribution is 5.95. The second kappa shape index (κ2) is 17.0. The van der Waals surface area contributed by atoms with Crippen LogP contribution in [-0.2, 0) is 51.8 Å². The van der Waals surface area contributed by atoms with Crippen LogP contribution in [0, 0.1) is 122 Å². The number of ether oxygens (including phenoxy) is 4. The van der Waals surface area contributed by atoms with Gasteiger partial charge in [-0.25, -0.2) is 4.79 Å². The lowest BCUT2D eigenvalue weighted by molar-refractivity contribution is -0.319. The summed E-state index contributed by atoms with van der Waals surface area (Å²) in [6.07, 6.45) is 20.6. The first-order chi connectivity index (χ1) is 40.5. The highest BCUT2D eigenvalue weighted by atomic mass is 16.7. The van der Waals surface area contributed by atoms with Gasteiger partial charge in [0.05, 0.1) is 49.0 Å². The van der Waals surface area contributed by atoms with Crippen molar-refractivity contribution in [3.05, 3.63) is 95.6 Å². The number of furan rings is 1. The van der Waals surface area contributed by atoms with Crippen molar-refractivity contribution in [1.82, 2.24) is 10.2 Å². The Kier molecular flexibility index (Phi) is 10.6. The Morgan fingerprint density at radius 2 is 1.83 bits per heavy atom. The molecule has 0 unspecified atom stereocenters. The number of benzene rings is 1. The number of allylic oxidation sites excluding steroid dienone is 2. The summed E-state index contributed by atoms with van der Waals surface area (Å²) in [7, 11) is 0. The molecule has 84 heavy (non-hydrogen) atoms. The maximum atomic E-state index is 17.5. The number of carbonyl (C=O) groups is 3. The van der Waals surface area contributed by atoms with Crippen molar-refractivity contribution >= 4 is 17.7 Å². The molecule has 7 saturated carbocycles. The van der Waals surface area contributed by atoms with Gasteiger partial charge < -0.3 is 43.6 Å². The van der Waals surface area contributed by atoms with Crippen molar-refractivity contribution in [2.45, 2.75) is 171 Å². The first kappa shape index (κ1) is 52.6. The third-order valence-corrected chi connectivity index (χ3v) is 28.5. The number of aliphatic hydroxyl groups excluding tert-OH is 3. The van der Waals surface area contributed by atoms with Crippen LogP contribution in [0.5, 0.6) is 0 Å². The van der Waals surface area contributed by atoms with Gasteiger partial charge in [-0.05, 0) is 184 Å². The molecule has 2 aromatic rings. The third kappa shape index (κ3) is 5.67. The number of hydrogen-bond acceptors (Lipinski definition) is 13. The number of nitrogens with zero attached hydrogens (tertiary/aromatic N) is 1. The van der Waals surface area contributed by atoms with E-state index in [2.05, 4.69) is 111 Å². The molecule has 4 N–H and O–H groups in total. The van der Waals surface area contributed by atoms with Crippen molar-refractivity contribution in [3.63, 3.8) is 0 Å². The number of cyclic esters (lactones) is 1. The van der Waals surface area contributed by atoms with Gasteiger partial charge in [-0.15, -0.1) is 0 Å². The minimum absolute atomic E-state index is 0.0165. The number of hydrogen-bond donors (Lipinski definition) is 4. The molecule has 5 saturated heterocycles. The first-order valence-electron chi connectivity index (χ1n) is 33.0. The van der Waals surface area contributed by atoms with Crippen LogP contribution in [0.4, 0.5) is 0 Å². The average Bonchev–Trinajstić information content (AvgIpc) is 1.39. The molecule has 0 radical (unpaired) electrons. The molecule has 1 aromatic carbocycles. The van der Waals surface area contributed by atoms with E-state index in [9.17, 15) is 15.3 Å². The minimum atomic E-state index is -1.59. The average molecular weight is 1140 g/mol. The number of aliphatic hydroxyl groups is 3. The normalized spacial score (nSPS) is 52.6. The third-order valence-electron chi connectivity index (χ3n) is 28.5. The summed E-state index contributed by atoms with van der Waals surface area (Å²) in [5.74, 6) is 6.32. The Morgan fingerprint density at radius 3 is 2.67 bits per heavy atom. The van der Waals surface area contributed by atoms with Gasteiger partial charge in [-0.3, -0.25) is 14.9 Å². The Bertz CT molecular complexity index is 3360. The van der Waals surface area contributed by atoms with Crippen molar-refractivity contribution in [2.75, 3.05) is 26.4 Å². The second-order valence-electron chi connectivity index (χ2n) is 31.5. The number of esters is 2. The van der Waals surface area contributed by atoms with Crippen molar-refractivity contribution < 1.29 is 53.1 Å². The van der Waals surface area contributed by atoms with Crippen LogP contribution in [0.3, 0.4) is 0 Å². The lowest BCUT2D eigenvalue weighted by atomic mass is 9.28. The SMILES string of the molecule is CC(C)C[C@H]1C=C2C[C@H]3C[C@H]4C=C[C@@]56C(=O)OC[C@]78[C@H](C(=O)[C@@H](O)[C@@]9%10[C@@H]%11C[C@H](Cc%12ccccc%12)CC[C@@H]%11C#CC[C@@]%11(c%12ccoc%12C[C@@H]([C@@H]%12CC[C@H]%13[C@H](C=CN%14CNC[C@H]%13%14)C%12)[C@H](O)CO)OC(=O)[C@H]%12O[C@@]%129[C@@]%11(C)C[C@@H](C[C@@]35C4)[C@H]7%10)[C@@]1(C)O[C@]286. The molecule has 10 bridgehead atoms. The summed E-state index contributed by atoms with van der Waals surface area (Å²) in [5.41, 5.74) is -7.79. The number of nitrogens with one attached hydrogen (secondary N) is 1. The van der Waals surface area contributed by atoms with Crippen LogP contribution in [0.2, 0.25) is 0 Å². The molecule has 16 aliphatic rings. The molecule has 6 spiro atoms. The standard InChI is InChI=1S/C71H84N2O11/c1-38(2)23-46-28-48-29-47-25-41-16-20-67-62(79)81-36-66-57-45(33-65(47,67)31-41)32-63(3)68(51-18-22-80-55(51)30-50(54(75)35-74)43-14-15-49-44(27-43)17-21-73-37-72-34-53(49)73)19-8-11-42-13-12-40(24-39-9-6-5-7-10-39)26-52(42)69(57,71(63)60(82-71)61(78)83-68)59(77)56(76)58(66)64(46,4)84-70(48,66)67/h5-7,9-10,16-18,20-22,28,38,40-47,49-50,52-54,57-60,72,74-75,77H,12-15,19,23-27,29-37H2,1-4H3/t40-,41+,42-,43+,44+,45-,46-,47+,49-,50-,52+,53+,54+,57+,58+,59+,60+,63-,64-,65-,66+,67+,68-,69-,70+,71+/m0/s1. The molecule has 7 aliphatic heterocycles. The van der Waals surface area contributed by atoms with E-state index in [-0.39, 0.29) is 78.0 Å². The second-order valence-corrected chi connectivity index (χ2v) is 31.5. The van der Waals surface area contributed by atoms with Gasteiger partial charge in [-0.2, -0.15) is 0 Å². The maximum absolute atomic E-state index is 17.5. The summed E-state index contributed by atoms with van der Waals surface area (Å²) in [6, 6.07) is 13.1. The van der Waals surface area contributed by atoms with Gasteiger partial charge in [0.15, 0.2) is 17.5 Å². The van der Waals surface area contributed by atoms with Crippen LogP contribution >= 0.6 is 0 Å². The molecule has 12 fully saturated rings. The first-order valence-corrected chi connectivity index (χ1v) is 33.0. The highest BCUT2D eigenvalue weighted by Gasteiger charge is 3.01. The molecule has 9 aliphatic carbocycles. The lowest BCUT2D eigenvalue weighted by Gasteiger charge is -2.74. The molecule has 26 atom stereocenters. The Hall–Kier alpha value is -4.55. The number of fused-ring (bicyclic) bond motifs is 7. The topological polar surface area (TPSA) is 181 Å². The molecule has 8 heterocycles. The summed E-state index contributed by atoms with van der Waals surface area (Å²) >= 11 is 0. The maximum Gasteiger partial charge on any atom is 0.339 e. The zero-order valence-electron chi connectivity index (χ0n) is 49.3. The van der Waals surface area contributed by atoms with E-state index in [1.54, 1.807) is 6.26 Å². The monoisotopic (exact) mass is 1140 g/mol. The number of rotatable bonds is 10. The van der Waals surface area contributed by atoms with E-state index >= 15 is 14.4 Å². The summed E-state index contributed by atoms with van der Waals surface area (Å²) in [4.78, 5) is 52.1. The Morgan fingerprint density at radius 1 is 0.976 bits per heavy atom. The van der Waals surface area contributed by atoms with E-state index in [0.29, 0.717) is 54.9 Å². The number of ketones is 1. The zero-order valence-corrected chi connectivity index (χ0v) is 49.3. The molecule has 13 heteroatoms. The van der Waals surface area contributed by atoms with Gasteiger partial charge >= 0.3 is 11.9 Å². The largest absolute Gasteiger partial charge is 0.469 e. The van der Waals surface area contributed by atoms with E-state index in [1.807, 2.05) is 6.07 Å². The molecule has 13 nitrogen and oxygen atoms in total. The fourth-order valence-electron chi connectivity index (χ4n) is 26.2. The predicted octanol–water partition coefficient (Wildman–Crippen LogP) is 8.39. The van der Waals surface area contributed by atoms with E-state index in [4.69, 9.17) is 23.4 Å². The van der Waals surface area contributed by atoms with Gasteiger partial charge in [0.2, 0.25) is 0 Å². The smallest absolute Gasteiger partial charge is 0.339 e. The van der Waals surface area contributed by atoms with Crippen molar-refractivity contribution in [3.8, 4) is 11.8 Å². The minimum Gasteiger partial charge on any atom is -0.469 e. The zero-order chi connectivity index (χ0) is 57.1. The van der Waals surface area contributed by atoms with Crippen LogP contribution in [0.25, 0.3) is 0 Å². The molecule has 18 rings (SSSR count). The fraction of sp³-hybridized carbons (Fsp3) is 0.704. The predicted molar refractivity (Wildman–Crippen MR) is 306 cm³/mol. The number of epoxide rings is 1. The highest BCUT2D eigenvalue weighted by Crippen LogP contribution is 2.93. The van der Waals surface area contributed by atoms with Crippen LogP contribution in [-0.4, -0.2) is 106 Å². The number of Topliss-reactive ketones (excluding diaryl/α,β-unsaturated/α-hetero) is 1. The van der Waals surface area contributed by atoms with Gasteiger partial charge in [0, 0.05) is 47.2 Å². The Balaban J connectivity index is 0.871. The van der Waals surface area contributed by atoms with Crippen molar-refractivity contribution in [2.24, 2.45) is 110 Å². The summed E-state index contributed by atoms with van der Waals surface area (Å²) < 4.78 is 37.4. The molecular weight excluding hydrogens is 1060 g/mol. The van der Waals surface area contributed by atoms with Crippen molar-refractivity contribution in [1.29, 1.82) is 0 Å². The summed E-state index contributed by atoms with van der Waals surface area (Å²) in [5, 5.41) is 41.5. The molecule has 0 amide bonds. The van der Waals surface area contributed by atoms with Gasteiger partial charge in [0.25, 0.3) is 0 Å². The summed E-state index contributed by atoms with van der Waals surface area (Å²) in [6.45, 7) is 10.3. The number of carbonyl (C=O) groups excluding carboxylic acids is 3. The molecule has 444 valence electrons. The van der Waals surface area contributed by atoms with Crippen LogP contribution in [0.15, 0.2) is 83.2 Å². The van der Waals surface area contributed by atoms with Crippen LogP contribution in [0.1, 0.15) is 128 Å². The fourth-order valence-corrected chi connectivity index (χ4v) is 26.2. The molecular formula is C71H84N2O11. The van der Waals surface area contributed by atoms with Gasteiger partial charge in [0.1, 0.15) is 35.1 Å². The van der Waals surface area contributed by atoms with E-state index in [1.165, 1.54) is 5.56 Å². The quantitative estimate of drug-likeness (QED) is 0.0772. The lowest BCUT2D eigenvalue weighted by Crippen LogP contribution is -2.84. The van der Waals surface area contributed by atoms with Gasteiger partial charge in [-0.1, -0.05) is 87.2 Å². The van der Waals surface area contributed by atoms with Crippen LogP contribution < -0.4 is 5.32 Å².